The van der Waals surface area contributed by atoms with Crippen LogP contribution in [0.3, 0.4) is 0 Å². The predicted octanol–water partition coefficient (Wildman–Crippen LogP) is 4.52. The normalized spacial score (nSPS) is 32.0. The summed E-state index contributed by atoms with van der Waals surface area (Å²) in [5.74, 6) is -5.77. The fraction of sp³-hybridized carbons (Fsp3) is 0.367. The number of hydrogen-bond acceptors (Lipinski definition) is 7. The molecule has 1 saturated carbocycles. The SMILES string of the molecule is COc1ccc(O)c([C@H]2C3=CC[C@@H]4C(=O)N(c5ccc(C(C)=O)cc5)C(=O)[C@@H]4[C@@H]3C[C@@]3(Cl)C(=O)N(CBr)C(=O)[C@@]23Cl)c1. The van der Waals surface area contributed by atoms with E-state index in [-0.39, 0.29) is 35.4 Å². The molecule has 0 radical (unpaired) electrons. The molecule has 2 aromatic carbocycles. The molecular formula is C30H25BrCl2N2O7. The molecule has 0 unspecified atom stereocenters. The Balaban J connectivity index is 1.51. The number of phenolic OH excluding ortho intramolecular Hbond substituents is 1. The first kappa shape index (κ1) is 28.9. The van der Waals surface area contributed by atoms with Crippen LogP contribution in [0.25, 0.3) is 0 Å². The van der Waals surface area contributed by atoms with Crippen molar-refractivity contribution in [1.82, 2.24) is 4.90 Å². The Hall–Kier alpha value is -3.21. The molecule has 12 heteroatoms. The number of carbonyl (C=O) groups is 5. The summed E-state index contributed by atoms with van der Waals surface area (Å²) in [5, 5.41) is 11.0. The second kappa shape index (κ2) is 9.92. The van der Waals surface area contributed by atoms with Crippen molar-refractivity contribution >= 4 is 74.2 Å². The number of allylic oxidation sites excluding steroid dienone is 2. The van der Waals surface area contributed by atoms with Crippen LogP contribution in [0.1, 0.15) is 41.6 Å². The second-order valence-corrected chi connectivity index (χ2v) is 12.8. The summed E-state index contributed by atoms with van der Waals surface area (Å²) < 4.78 is 5.38. The number of aromatic hydroxyl groups is 1. The Morgan fingerprint density at radius 2 is 1.74 bits per heavy atom. The van der Waals surface area contributed by atoms with Gasteiger partial charge in [0, 0.05) is 17.0 Å². The first-order chi connectivity index (χ1) is 19.9. The number of rotatable bonds is 5. The highest BCUT2D eigenvalue weighted by molar-refractivity contribution is 9.09. The molecule has 218 valence electrons. The Labute approximate surface area is 259 Å². The summed E-state index contributed by atoms with van der Waals surface area (Å²) in [5.41, 5.74) is 1.39. The van der Waals surface area contributed by atoms with Gasteiger partial charge in [-0.25, -0.2) is 0 Å². The van der Waals surface area contributed by atoms with Gasteiger partial charge in [-0.2, -0.15) is 0 Å². The fourth-order valence-electron chi connectivity index (χ4n) is 7.09. The van der Waals surface area contributed by atoms with Crippen LogP contribution in [0.2, 0.25) is 0 Å². The monoisotopic (exact) mass is 674 g/mol. The zero-order valence-electron chi connectivity index (χ0n) is 22.5. The van der Waals surface area contributed by atoms with Crippen molar-refractivity contribution in [2.75, 3.05) is 17.5 Å². The lowest BCUT2D eigenvalue weighted by Crippen LogP contribution is -2.60. The quantitative estimate of drug-likeness (QED) is 0.163. The van der Waals surface area contributed by atoms with Crippen LogP contribution in [0, 0.1) is 17.8 Å². The number of ketones is 1. The maximum atomic E-state index is 14.1. The highest BCUT2D eigenvalue weighted by Crippen LogP contribution is 2.66. The van der Waals surface area contributed by atoms with Crippen molar-refractivity contribution in [3.63, 3.8) is 0 Å². The van der Waals surface area contributed by atoms with Crippen LogP contribution in [0.4, 0.5) is 5.69 Å². The molecule has 9 nitrogen and oxygen atoms in total. The van der Waals surface area contributed by atoms with E-state index in [4.69, 9.17) is 27.9 Å². The maximum Gasteiger partial charge on any atom is 0.254 e. The molecule has 2 aliphatic carbocycles. The number of likely N-dealkylation sites (tertiary alicyclic amines) is 1. The Morgan fingerprint density at radius 1 is 1.05 bits per heavy atom. The number of ether oxygens (including phenoxy) is 1. The molecule has 6 rings (SSSR count). The highest BCUT2D eigenvalue weighted by atomic mass is 79.9. The third-order valence-corrected chi connectivity index (χ3v) is 11.0. The van der Waals surface area contributed by atoms with Crippen LogP contribution in [0.15, 0.2) is 54.1 Å². The average molecular weight is 676 g/mol. The number of Topliss-reactive ketones (excluding diaryl/α,β-unsaturated/α-hetero) is 1. The Kier molecular flexibility index (Phi) is 6.83. The molecular weight excluding hydrogens is 651 g/mol. The van der Waals surface area contributed by atoms with Crippen molar-refractivity contribution < 1.29 is 33.8 Å². The molecule has 1 N–H and O–H groups in total. The molecule has 3 fully saturated rings. The van der Waals surface area contributed by atoms with Gasteiger partial charge in [0.25, 0.3) is 11.8 Å². The zero-order chi connectivity index (χ0) is 30.3. The number of amides is 4. The number of halogens is 3. The summed E-state index contributed by atoms with van der Waals surface area (Å²) in [4.78, 5) is 65.1. The molecule has 2 heterocycles. The standard InChI is InChI=1S/C30H25BrCl2N2O7/c1-14(36)15-3-5-16(6-4-15)35-25(38)19-9-8-18-21(23(19)26(35)39)12-29(32)27(40)34(13-31)28(41)30(29,33)24(18)20-11-17(42-2)7-10-22(20)37/h3-8,10-11,19,21,23-24,37H,9,12-13H2,1-2H3/t19-,21+,23-,24+,29+,30-/m0/s1. The number of alkyl halides is 3. The van der Waals surface area contributed by atoms with Crippen LogP contribution in [-0.2, 0) is 19.2 Å². The van der Waals surface area contributed by atoms with Gasteiger partial charge in [0.15, 0.2) is 15.5 Å². The van der Waals surface area contributed by atoms with Crippen molar-refractivity contribution in [3.8, 4) is 11.5 Å². The average Bonchev–Trinajstić information content (AvgIpc) is 3.31. The van der Waals surface area contributed by atoms with E-state index in [0.29, 0.717) is 22.6 Å². The third-order valence-electron chi connectivity index (χ3n) is 9.09. The molecule has 2 saturated heterocycles. The molecule has 0 spiro atoms. The fourth-order valence-corrected chi connectivity index (χ4v) is 8.51. The number of hydrogen-bond donors (Lipinski definition) is 1. The van der Waals surface area contributed by atoms with Crippen molar-refractivity contribution in [2.24, 2.45) is 17.8 Å². The lowest BCUT2D eigenvalue weighted by Gasteiger charge is -2.50. The van der Waals surface area contributed by atoms with Crippen LogP contribution in [0.5, 0.6) is 11.5 Å². The Morgan fingerprint density at radius 3 is 2.36 bits per heavy atom. The van der Waals surface area contributed by atoms with E-state index >= 15 is 0 Å². The van der Waals surface area contributed by atoms with Crippen LogP contribution < -0.4 is 9.64 Å². The summed E-state index contributed by atoms with van der Waals surface area (Å²) in [6.45, 7) is 1.42. The summed E-state index contributed by atoms with van der Waals surface area (Å²) in [7, 11) is 1.45. The van der Waals surface area contributed by atoms with E-state index in [1.165, 1.54) is 26.2 Å². The number of imide groups is 2. The minimum atomic E-state index is -2.04. The molecule has 0 aromatic heterocycles. The number of benzene rings is 2. The number of fused-ring (bicyclic) bond motifs is 4. The van der Waals surface area contributed by atoms with Crippen molar-refractivity contribution in [2.45, 2.75) is 35.4 Å². The molecule has 4 aliphatic rings. The lowest BCUT2D eigenvalue weighted by molar-refractivity contribution is -0.138. The number of nitrogens with zero attached hydrogens (tertiary/aromatic N) is 2. The minimum Gasteiger partial charge on any atom is -0.508 e. The molecule has 2 aromatic rings. The summed E-state index contributed by atoms with van der Waals surface area (Å²) in [6.07, 6.45) is 1.80. The highest BCUT2D eigenvalue weighted by Gasteiger charge is 2.76. The number of methoxy groups -OCH3 is 1. The topological polar surface area (TPSA) is 121 Å². The number of phenols is 1. The molecule has 6 atom stereocenters. The van der Waals surface area contributed by atoms with Gasteiger partial charge in [-0.3, -0.25) is 33.8 Å². The van der Waals surface area contributed by atoms with E-state index in [9.17, 15) is 29.1 Å². The van der Waals surface area contributed by atoms with Crippen LogP contribution in [-0.4, -0.2) is 61.7 Å². The third kappa shape index (κ3) is 3.70. The second-order valence-electron chi connectivity index (χ2n) is 11.0. The first-order valence-corrected chi connectivity index (χ1v) is 15.1. The van der Waals surface area contributed by atoms with E-state index in [1.807, 2.05) is 0 Å². The largest absolute Gasteiger partial charge is 0.508 e. The number of anilines is 1. The van der Waals surface area contributed by atoms with Gasteiger partial charge in [-0.15, -0.1) is 23.2 Å². The Bertz CT molecular complexity index is 1610. The summed E-state index contributed by atoms with van der Waals surface area (Å²) in [6, 6.07) is 10.7. The summed E-state index contributed by atoms with van der Waals surface area (Å²) >= 11 is 17.6. The maximum absolute atomic E-state index is 14.1. The van der Waals surface area contributed by atoms with Crippen molar-refractivity contribution in [1.29, 1.82) is 0 Å². The number of carbonyl (C=O) groups excluding carboxylic acids is 5. The van der Waals surface area contributed by atoms with Crippen LogP contribution >= 0.6 is 39.1 Å². The van der Waals surface area contributed by atoms with Gasteiger partial charge < -0.3 is 9.84 Å². The van der Waals surface area contributed by atoms with E-state index in [1.54, 1.807) is 36.4 Å². The van der Waals surface area contributed by atoms with Crippen molar-refractivity contribution in [3.05, 3.63) is 65.2 Å². The molecule has 4 amide bonds. The van der Waals surface area contributed by atoms with E-state index in [0.717, 1.165) is 9.80 Å². The van der Waals surface area contributed by atoms with E-state index < -0.39 is 57.0 Å². The van der Waals surface area contributed by atoms with E-state index in [2.05, 4.69) is 15.9 Å². The van der Waals surface area contributed by atoms with Gasteiger partial charge in [-0.1, -0.05) is 27.6 Å². The smallest absolute Gasteiger partial charge is 0.254 e. The lowest BCUT2D eigenvalue weighted by atomic mass is 9.56. The first-order valence-electron chi connectivity index (χ1n) is 13.3. The zero-order valence-corrected chi connectivity index (χ0v) is 25.6. The minimum absolute atomic E-state index is 0.151. The van der Waals surface area contributed by atoms with Gasteiger partial charge in [0.1, 0.15) is 11.5 Å². The molecule has 42 heavy (non-hydrogen) atoms. The molecule has 2 aliphatic heterocycles. The predicted molar refractivity (Wildman–Crippen MR) is 157 cm³/mol. The van der Waals surface area contributed by atoms with Gasteiger partial charge in [0.2, 0.25) is 11.8 Å². The molecule has 0 bridgehead atoms. The van der Waals surface area contributed by atoms with Gasteiger partial charge in [0.05, 0.1) is 30.1 Å². The van der Waals surface area contributed by atoms with Gasteiger partial charge in [-0.05, 0) is 68.1 Å². The van der Waals surface area contributed by atoms with Gasteiger partial charge >= 0.3 is 0 Å².